The summed E-state index contributed by atoms with van der Waals surface area (Å²) in [7, 11) is 0. The molecule has 0 saturated carbocycles. The van der Waals surface area contributed by atoms with Gasteiger partial charge in [-0.3, -0.25) is 4.79 Å². The topological polar surface area (TPSA) is 72.7 Å². The largest absolute Gasteiger partial charge is 0.346 e. The van der Waals surface area contributed by atoms with Crippen LogP contribution in [0.4, 0.5) is 0 Å². The highest BCUT2D eigenvalue weighted by atomic mass is 32.2. The molecule has 0 fully saturated rings. The van der Waals surface area contributed by atoms with E-state index in [1.807, 2.05) is 86.1 Å². The van der Waals surface area contributed by atoms with E-state index >= 15 is 0 Å². The van der Waals surface area contributed by atoms with Crippen LogP contribution in [-0.2, 0) is 5.75 Å². The Morgan fingerprint density at radius 1 is 1.06 bits per heavy atom. The van der Waals surface area contributed by atoms with Crippen molar-refractivity contribution in [3.8, 4) is 5.69 Å². The van der Waals surface area contributed by atoms with E-state index in [0.29, 0.717) is 11.3 Å². The van der Waals surface area contributed by atoms with Crippen molar-refractivity contribution in [1.29, 1.82) is 0 Å². The molecule has 4 rings (SSSR count). The summed E-state index contributed by atoms with van der Waals surface area (Å²) >= 11 is 1.54. The molecule has 0 radical (unpaired) electrons. The number of amides is 1. The van der Waals surface area contributed by atoms with Crippen LogP contribution < -0.4 is 5.32 Å². The van der Waals surface area contributed by atoms with E-state index in [9.17, 15) is 4.79 Å². The summed E-state index contributed by atoms with van der Waals surface area (Å²) in [5.74, 6) is 0.536. The van der Waals surface area contributed by atoms with Crippen molar-refractivity contribution in [2.75, 3.05) is 0 Å². The van der Waals surface area contributed by atoms with Crippen LogP contribution in [0.3, 0.4) is 0 Å². The molecule has 162 valence electrons. The molecule has 1 atom stereocenters. The van der Waals surface area contributed by atoms with Gasteiger partial charge in [-0.1, -0.05) is 42.1 Å². The molecule has 6 nitrogen and oxygen atoms in total. The SMILES string of the molecule is Cc1cc(C)nc(SCc2ccccc2C(=O)NC(C)c2ccc(-n3ccnc3)cc2)n1. The molecule has 0 bridgehead atoms. The van der Waals surface area contributed by atoms with Gasteiger partial charge in [0, 0.05) is 40.8 Å². The zero-order chi connectivity index (χ0) is 22.5. The predicted molar refractivity (Wildman–Crippen MR) is 127 cm³/mol. The Balaban J connectivity index is 1.44. The molecular weight excluding hydrogens is 418 g/mol. The molecule has 32 heavy (non-hydrogen) atoms. The highest BCUT2D eigenvalue weighted by molar-refractivity contribution is 7.98. The summed E-state index contributed by atoms with van der Waals surface area (Å²) < 4.78 is 1.94. The number of hydrogen-bond donors (Lipinski definition) is 1. The van der Waals surface area contributed by atoms with Crippen LogP contribution in [0.25, 0.3) is 5.69 Å². The lowest BCUT2D eigenvalue weighted by Crippen LogP contribution is -2.27. The van der Waals surface area contributed by atoms with E-state index < -0.39 is 0 Å². The van der Waals surface area contributed by atoms with Crippen molar-refractivity contribution in [3.63, 3.8) is 0 Å². The summed E-state index contributed by atoms with van der Waals surface area (Å²) in [4.78, 5) is 26.1. The summed E-state index contributed by atoms with van der Waals surface area (Å²) in [6, 6.07) is 17.6. The van der Waals surface area contributed by atoms with Crippen molar-refractivity contribution in [2.24, 2.45) is 0 Å². The van der Waals surface area contributed by atoms with Gasteiger partial charge in [-0.25, -0.2) is 15.0 Å². The van der Waals surface area contributed by atoms with Gasteiger partial charge in [-0.2, -0.15) is 0 Å². The zero-order valence-corrected chi connectivity index (χ0v) is 19.1. The molecule has 1 amide bonds. The summed E-state index contributed by atoms with van der Waals surface area (Å²) in [5, 5.41) is 3.85. The lowest BCUT2D eigenvalue weighted by atomic mass is 10.1. The Morgan fingerprint density at radius 2 is 1.78 bits per heavy atom. The third-order valence-corrected chi connectivity index (χ3v) is 6.02. The maximum absolute atomic E-state index is 13.1. The van der Waals surface area contributed by atoms with E-state index in [0.717, 1.165) is 33.4 Å². The van der Waals surface area contributed by atoms with Crippen LogP contribution in [0.15, 0.2) is 78.5 Å². The Morgan fingerprint density at radius 3 is 2.47 bits per heavy atom. The average Bonchev–Trinajstić information content (AvgIpc) is 3.32. The minimum absolute atomic E-state index is 0.0891. The van der Waals surface area contributed by atoms with E-state index in [2.05, 4.69) is 20.3 Å². The fraction of sp³-hybridized carbons (Fsp3) is 0.200. The summed E-state index contributed by atoms with van der Waals surface area (Å²) in [6.07, 6.45) is 5.41. The van der Waals surface area contributed by atoms with Gasteiger partial charge in [0.15, 0.2) is 5.16 Å². The van der Waals surface area contributed by atoms with Gasteiger partial charge in [0.05, 0.1) is 12.4 Å². The first-order valence-corrected chi connectivity index (χ1v) is 11.4. The average molecular weight is 444 g/mol. The van der Waals surface area contributed by atoms with Crippen LogP contribution in [0.5, 0.6) is 0 Å². The minimum Gasteiger partial charge on any atom is -0.346 e. The zero-order valence-electron chi connectivity index (χ0n) is 18.3. The molecule has 2 aromatic heterocycles. The third kappa shape index (κ3) is 5.23. The second-order valence-corrected chi connectivity index (χ2v) is 8.58. The maximum atomic E-state index is 13.1. The first kappa shape index (κ1) is 21.8. The van der Waals surface area contributed by atoms with E-state index in [4.69, 9.17) is 0 Å². The fourth-order valence-corrected chi connectivity index (χ4v) is 4.43. The number of benzene rings is 2. The van der Waals surface area contributed by atoms with Crippen molar-refractivity contribution < 1.29 is 4.79 Å². The van der Waals surface area contributed by atoms with Crippen molar-refractivity contribution in [1.82, 2.24) is 24.8 Å². The summed E-state index contributed by atoms with van der Waals surface area (Å²) in [5.41, 5.74) is 5.59. The number of carbonyl (C=O) groups excluding carboxylic acids is 1. The van der Waals surface area contributed by atoms with Gasteiger partial charge in [-0.05, 0) is 56.2 Å². The molecule has 1 N–H and O–H groups in total. The first-order chi connectivity index (χ1) is 15.5. The molecule has 4 aromatic rings. The van der Waals surface area contributed by atoms with E-state index in [1.54, 1.807) is 12.5 Å². The third-order valence-electron chi connectivity index (χ3n) is 5.12. The molecule has 0 saturated heterocycles. The molecule has 1 unspecified atom stereocenters. The molecule has 2 aromatic carbocycles. The van der Waals surface area contributed by atoms with E-state index in [1.165, 1.54) is 11.8 Å². The molecule has 7 heteroatoms. The van der Waals surface area contributed by atoms with Crippen LogP contribution in [0, 0.1) is 13.8 Å². The fourth-order valence-electron chi connectivity index (χ4n) is 3.47. The van der Waals surface area contributed by atoms with Gasteiger partial charge >= 0.3 is 0 Å². The van der Waals surface area contributed by atoms with Crippen LogP contribution in [0.2, 0.25) is 0 Å². The molecular formula is C25H25N5OS. The number of imidazole rings is 1. The quantitative estimate of drug-likeness (QED) is 0.319. The smallest absolute Gasteiger partial charge is 0.252 e. The van der Waals surface area contributed by atoms with Gasteiger partial charge in [0.25, 0.3) is 5.91 Å². The highest BCUT2D eigenvalue weighted by Gasteiger charge is 2.15. The van der Waals surface area contributed by atoms with Crippen molar-refractivity contribution in [3.05, 3.63) is 101 Å². The Labute approximate surface area is 192 Å². The van der Waals surface area contributed by atoms with Gasteiger partial charge in [0.2, 0.25) is 0 Å². The number of carbonyl (C=O) groups is 1. The Bertz CT molecular complexity index is 1190. The number of hydrogen-bond acceptors (Lipinski definition) is 5. The number of rotatable bonds is 7. The lowest BCUT2D eigenvalue weighted by molar-refractivity contribution is 0.0939. The van der Waals surface area contributed by atoms with Crippen LogP contribution in [0.1, 0.15) is 45.8 Å². The van der Waals surface area contributed by atoms with Gasteiger partial charge in [0.1, 0.15) is 0 Å². The molecule has 2 heterocycles. The molecule has 0 spiro atoms. The molecule has 0 aliphatic carbocycles. The highest BCUT2D eigenvalue weighted by Crippen LogP contribution is 2.23. The van der Waals surface area contributed by atoms with Gasteiger partial charge in [-0.15, -0.1) is 0 Å². The standard InChI is InChI=1S/C25H25N5OS/c1-17-14-18(2)28-25(27-17)32-15-21-6-4-5-7-23(21)24(31)29-19(3)20-8-10-22(11-9-20)30-13-12-26-16-30/h4-14,16,19H,15H2,1-3H3,(H,29,31). The second-order valence-electron chi connectivity index (χ2n) is 7.64. The normalized spacial score (nSPS) is 11.8. The first-order valence-electron chi connectivity index (χ1n) is 10.4. The monoisotopic (exact) mass is 443 g/mol. The number of thioether (sulfide) groups is 1. The number of aryl methyl sites for hydroxylation is 2. The number of aromatic nitrogens is 4. The minimum atomic E-state index is -0.122. The Hall–Kier alpha value is -3.45. The van der Waals surface area contributed by atoms with Crippen LogP contribution in [-0.4, -0.2) is 25.4 Å². The summed E-state index contributed by atoms with van der Waals surface area (Å²) in [6.45, 7) is 5.91. The molecule has 0 aliphatic rings. The Kier molecular flexibility index (Phi) is 6.66. The number of nitrogens with zero attached hydrogens (tertiary/aromatic N) is 4. The van der Waals surface area contributed by atoms with E-state index in [-0.39, 0.29) is 11.9 Å². The predicted octanol–water partition coefficient (Wildman–Crippen LogP) is 5.06. The lowest BCUT2D eigenvalue weighted by Gasteiger charge is -2.16. The van der Waals surface area contributed by atoms with Crippen molar-refractivity contribution in [2.45, 2.75) is 37.7 Å². The van der Waals surface area contributed by atoms with Crippen LogP contribution >= 0.6 is 11.8 Å². The number of nitrogens with one attached hydrogen (secondary N) is 1. The maximum Gasteiger partial charge on any atom is 0.252 e. The van der Waals surface area contributed by atoms with Crippen molar-refractivity contribution >= 4 is 17.7 Å². The molecule has 0 aliphatic heterocycles. The second kappa shape index (κ2) is 9.78. The van der Waals surface area contributed by atoms with Gasteiger partial charge < -0.3 is 9.88 Å².